The van der Waals surface area contributed by atoms with E-state index in [1.54, 1.807) is 6.07 Å². The quantitative estimate of drug-likeness (QED) is 0.381. The molecule has 0 unspecified atom stereocenters. The van der Waals surface area contributed by atoms with Crippen molar-refractivity contribution in [2.24, 2.45) is 0 Å². The third-order valence-corrected chi connectivity index (χ3v) is 2.93. The van der Waals surface area contributed by atoms with Crippen LogP contribution in [-0.2, 0) is 9.53 Å². The number of nitrogens with zero attached hydrogens (tertiary/aromatic N) is 1. The van der Waals surface area contributed by atoms with E-state index in [-0.39, 0.29) is 18.1 Å². The number of hydrogen-bond donors (Lipinski definition) is 1. The van der Waals surface area contributed by atoms with E-state index >= 15 is 0 Å². The van der Waals surface area contributed by atoms with Crippen LogP contribution in [0.5, 0.6) is 0 Å². The number of hydrogen-bond acceptors (Lipinski definition) is 5. The monoisotopic (exact) mass is 350 g/mol. The second-order valence-electron chi connectivity index (χ2n) is 3.17. The van der Waals surface area contributed by atoms with E-state index in [4.69, 9.17) is 0 Å². The first-order valence-electron chi connectivity index (χ1n) is 4.79. The fourth-order valence-electron chi connectivity index (χ4n) is 1.16. The zero-order valence-electron chi connectivity index (χ0n) is 9.10. The molecule has 0 aliphatic rings. The Kier molecular flexibility index (Phi) is 5.13. The van der Waals surface area contributed by atoms with Gasteiger partial charge in [-0.1, -0.05) is 0 Å². The number of carbonyl (C=O) groups excluding carboxylic acids is 1. The van der Waals surface area contributed by atoms with E-state index in [0.717, 1.165) is 9.26 Å². The first-order valence-corrected chi connectivity index (χ1v) is 5.87. The Balaban J connectivity index is 2.60. The van der Waals surface area contributed by atoms with Gasteiger partial charge in [0.1, 0.15) is 0 Å². The second kappa shape index (κ2) is 6.38. The van der Waals surface area contributed by atoms with Crippen molar-refractivity contribution in [3.8, 4) is 0 Å². The van der Waals surface area contributed by atoms with E-state index in [1.165, 1.54) is 19.2 Å². The summed E-state index contributed by atoms with van der Waals surface area (Å²) in [6.07, 6.45) is 0.254. The van der Waals surface area contributed by atoms with Gasteiger partial charge in [-0.2, -0.15) is 0 Å². The second-order valence-corrected chi connectivity index (χ2v) is 4.34. The number of halogens is 1. The topological polar surface area (TPSA) is 81.5 Å². The lowest BCUT2D eigenvalue weighted by Crippen LogP contribution is -2.10. The average Bonchev–Trinajstić information content (AvgIpc) is 2.30. The number of benzene rings is 1. The smallest absolute Gasteiger partial charge is 0.307 e. The lowest BCUT2D eigenvalue weighted by molar-refractivity contribution is -0.384. The molecule has 7 heteroatoms. The summed E-state index contributed by atoms with van der Waals surface area (Å²) in [5.74, 6) is -0.297. The summed E-state index contributed by atoms with van der Waals surface area (Å²) in [7, 11) is 1.33. The molecule has 0 radical (unpaired) electrons. The fourth-order valence-corrected chi connectivity index (χ4v) is 1.85. The third kappa shape index (κ3) is 4.17. The molecular weight excluding hydrogens is 339 g/mol. The molecule has 0 saturated heterocycles. The van der Waals surface area contributed by atoms with Crippen molar-refractivity contribution in [2.75, 3.05) is 19.0 Å². The molecule has 1 aromatic carbocycles. The zero-order chi connectivity index (χ0) is 12.8. The Morgan fingerprint density at radius 3 is 2.82 bits per heavy atom. The first-order chi connectivity index (χ1) is 8.04. The first kappa shape index (κ1) is 13.7. The largest absolute Gasteiger partial charge is 0.469 e. The summed E-state index contributed by atoms with van der Waals surface area (Å²) in [5.41, 5.74) is 0.813. The SMILES string of the molecule is COC(=O)CCNc1ccc([N+](=O)[O-])cc1I. The standard InChI is InChI=1S/C10H11IN2O4/c1-17-10(14)4-5-12-9-3-2-7(13(15)16)6-8(9)11/h2-3,6,12H,4-5H2,1H3. The van der Waals surface area contributed by atoms with Gasteiger partial charge in [-0.3, -0.25) is 14.9 Å². The highest BCUT2D eigenvalue weighted by molar-refractivity contribution is 14.1. The van der Waals surface area contributed by atoms with Crippen molar-refractivity contribution in [1.29, 1.82) is 0 Å². The molecule has 0 aromatic heterocycles. The summed E-state index contributed by atoms with van der Waals surface area (Å²) in [6, 6.07) is 4.51. The maximum Gasteiger partial charge on any atom is 0.307 e. The van der Waals surface area contributed by atoms with Crippen molar-refractivity contribution < 1.29 is 14.5 Å². The summed E-state index contributed by atoms with van der Waals surface area (Å²) in [4.78, 5) is 21.0. The van der Waals surface area contributed by atoms with Crippen LogP contribution in [0.1, 0.15) is 6.42 Å². The number of nitrogens with one attached hydrogen (secondary N) is 1. The molecule has 0 amide bonds. The Morgan fingerprint density at radius 1 is 1.59 bits per heavy atom. The molecular formula is C10H11IN2O4. The predicted molar refractivity (Wildman–Crippen MR) is 70.9 cm³/mol. The maximum atomic E-state index is 10.9. The number of rotatable bonds is 5. The molecule has 6 nitrogen and oxygen atoms in total. The van der Waals surface area contributed by atoms with Gasteiger partial charge in [0.25, 0.3) is 5.69 Å². The zero-order valence-corrected chi connectivity index (χ0v) is 11.3. The number of non-ortho nitro benzene ring substituents is 1. The highest BCUT2D eigenvalue weighted by Gasteiger charge is 2.09. The number of esters is 1. The van der Waals surface area contributed by atoms with Gasteiger partial charge in [0, 0.05) is 27.9 Å². The molecule has 17 heavy (non-hydrogen) atoms. The molecule has 0 fully saturated rings. The van der Waals surface area contributed by atoms with Crippen molar-refractivity contribution in [3.05, 3.63) is 31.9 Å². The molecule has 92 valence electrons. The number of methoxy groups -OCH3 is 1. The van der Waals surface area contributed by atoms with E-state index in [0.29, 0.717) is 6.54 Å². The number of anilines is 1. The highest BCUT2D eigenvalue weighted by Crippen LogP contribution is 2.23. The minimum Gasteiger partial charge on any atom is -0.469 e. The minimum atomic E-state index is -0.444. The average molecular weight is 350 g/mol. The van der Waals surface area contributed by atoms with Crippen molar-refractivity contribution >= 4 is 39.9 Å². The molecule has 0 saturated carbocycles. The number of nitro benzene ring substituents is 1. The van der Waals surface area contributed by atoms with Crippen LogP contribution in [0.15, 0.2) is 18.2 Å². The maximum absolute atomic E-state index is 10.9. The van der Waals surface area contributed by atoms with Crippen LogP contribution >= 0.6 is 22.6 Å². The highest BCUT2D eigenvalue weighted by atomic mass is 127. The molecule has 0 spiro atoms. The van der Waals surface area contributed by atoms with E-state index in [9.17, 15) is 14.9 Å². The Bertz CT molecular complexity index is 436. The van der Waals surface area contributed by atoms with Crippen molar-refractivity contribution in [1.82, 2.24) is 0 Å². The molecule has 0 bridgehead atoms. The van der Waals surface area contributed by atoms with Crippen LogP contribution in [0, 0.1) is 13.7 Å². The molecule has 1 N–H and O–H groups in total. The summed E-state index contributed by atoms with van der Waals surface area (Å²) < 4.78 is 5.24. The fraction of sp³-hybridized carbons (Fsp3) is 0.300. The third-order valence-electron chi connectivity index (χ3n) is 2.04. The van der Waals surface area contributed by atoms with Crippen LogP contribution in [0.2, 0.25) is 0 Å². The van der Waals surface area contributed by atoms with Gasteiger partial charge in [-0.25, -0.2) is 0 Å². The van der Waals surface area contributed by atoms with E-state index in [2.05, 4.69) is 10.1 Å². The van der Waals surface area contributed by atoms with E-state index in [1.807, 2.05) is 22.6 Å². The number of ether oxygens (including phenoxy) is 1. The van der Waals surface area contributed by atoms with Crippen LogP contribution in [0.3, 0.4) is 0 Å². The van der Waals surface area contributed by atoms with Gasteiger partial charge < -0.3 is 10.1 Å². The number of carbonyl (C=O) groups is 1. The van der Waals surface area contributed by atoms with Crippen molar-refractivity contribution in [3.63, 3.8) is 0 Å². The van der Waals surface area contributed by atoms with Gasteiger partial charge in [-0.05, 0) is 28.7 Å². The Hall–Kier alpha value is -1.38. The van der Waals surface area contributed by atoms with Gasteiger partial charge in [-0.15, -0.1) is 0 Å². The van der Waals surface area contributed by atoms with Gasteiger partial charge in [0.15, 0.2) is 0 Å². The van der Waals surface area contributed by atoms with E-state index < -0.39 is 4.92 Å². The molecule has 0 heterocycles. The minimum absolute atomic E-state index is 0.0490. The molecule has 1 aromatic rings. The summed E-state index contributed by atoms with van der Waals surface area (Å²) in [5, 5.41) is 13.5. The molecule has 0 aliphatic carbocycles. The Labute approximate surface area is 112 Å². The Morgan fingerprint density at radius 2 is 2.29 bits per heavy atom. The molecule has 0 aliphatic heterocycles. The van der Waals surface area contributed by atoms with Crippen LogP contribution in [0.25, 0.3) is 0 Å². The van der Waals surface area contributed by atoms with Gasteiger partial charge >= 0.3 is 5.97 Å². The van der Waals surface area contributed by atoms with Crippen LogP contribution < -0.4 is 5.32 Å². The lowest BCUT2D eigenvalue weighted by atomic mass is 10.3. The lowest BCUT2D eigenvalue weighted by Gasteiger charge is -2.07. The van der Waals surface area contributed by atoms with Gasteiger partial charge in [0.2, 0.25) is 0 Å². The molecule has 1 rings (SSSR count). The van der Waals surface area contributed by atoms with Crippen LogP contribution in [0.4, 0.5) is 11.4 Å². The number of nitro groups is 1. The molecule has 0 atom stereocenters. The normalized spacial score (nSPS) is 9.76. The summed E-state index contributed by atoms with van der Waals surface area (Å²) >= 11 is 2.00. The predicted octanol–water partition coefficient (Wildman–Crippen LogP) is 2.17. The van der Waals surface area contributed by atoms with Crippen LogP contribution in [-0.4, -0.2) is 24.5 Å². The van der Waals surface area contributed by atoms with Gasteiger partial charge in [0.05, 0.1) is 18.5 Å². The summed E-state index contributed by atoms with van der Waals surface area (Å²) in [6.45, 7) is 0.431. The van der Waals surface area contributed by atoms with Crippen molar-refractivity contribution in [2.45, 2.75) is 6.42 Å².